The summed E-state index contributed by atoms with van der Waals surface area (Å²) in [6, 6.07) is 0.548. The molecule has 3 N–H and O–H groups in total. The van der Waals surface area contributed by atoms with Crippen LogP contribution in [0, 0.1) is 5.92 Å². The van der Waals surface area contributed by atoms with Gasteiger partial charge < -0.3 is 11.1 Å². The van der Waals surface area contributed by atoms with Crippen molar-refractivity contribution < 1.29 is 4.79 Å². The molecule has 0 aliphatic heterocycles. The van der Waals surface area contributed by atoms with E-state index in [0.29, 0.717) is 0 Å². The largest absolute Gasteiger partial charge is 0.353 e. The normalized spacial score (nSPS) is 28.1. The summed E-state index contributed by atoms with van der Waals surface area (Å²) in [5.74, 6) is 0.162. The Labute approximate surface area is 92.1 Å². The molecule has 1 saturated carbocycles. The molecule has 0 radical (unpaired) electrons. The number of nitrogens with two attached hydrogens (primary N) is 1. The topological polar surface area (TPSA) is 55.1 Å². The number of amides is 1. The highest BCUT2D eigenvalue weighted by Crippen LogP contribution is 2.17. The number of hydrogen-bond donors (Lipinski definition) is 2. The Morgan fingerprint density at radius 3 is 3.00 bits per heavy atom. The van der Waals surface area contributed by atoms with Crippen LogP contribution in [0.3, 0.4) is 0 Å². The van der Waals surface area contributed by atoms with Crippen molar-refractivity contribution in [3.05, 3.63) is 12.7 Å². The van der Waals surface area contributed by atoms with Gasteiger partial charge in [-0.1, -0.05) is 13.0 Å². The van der Waals surface area contributed by atoms with E-state index in [2.05, 4.69) is 11.9 Å². The maximum atomic E-state index is 11.7. The van der Waals surface area contributed by atoms with E-state index in [0.717, 1.165) is 32.1 Å². The predicted octanol–water partition coefficient (Wildman–Crippen LogP) is 1.58. The lowest BCUT2D eigenvalue weighted by Gasteiger charge is -2.28. The van der Waals surface area contributed by atoms with Crippen molar-refractivity contribution in [2.45, 2.75) is 51.1 Å². The van der Waals surface area contributed by atoms with E-state index in [4.69, 9.17) is 5.73 Å². The highest BCUT2D eigenvalue weighted by molar-refractivity contribution is 5.78. The molecule has 3 heteroatoms. The number of rotatable bonds is 4. The number of hydrogen-bond acceptors (Lipinski definition) is 2. The summed E-state index contributed by atoms with van der Waals surface area (Å²) in [6.07, 6.45) is 6.74. The summed E-state index contributed by atoms with van der Waals surface area (Å²) in [5, 5.41) is 3.07. The van der Waals surface area contributed by atoms with Gasteiger partial charge in [0.25, 0.3) is 0 Å². The van der Waals surface area contributed by atoms with Crippen LogP contribution in [-0.2, 0) is 4.79 Å². The van der Waals surface area contributed by atoms with E-state index in [-0.39, 0.29) is 23.9 Å². The standard InChI is InChI=1S/C12H22N2O/c1-3-5-9(2)12(15)14-11-7-4-6-10(13)8-11/h3,9-11H,1,4-8,13H2,2H3,(H,14,15). The molecule has 1 amide bonds. The fourth-order valence-electron chi connectivity index (χ4n) is 2.06. The molecule has 0 aromatic carbocycles. The smallest absolute Gasteiger partial charge is 0.223 e. The maximum Gasteiger partial charge on any atom is 0.223 e. The van der Waals surface area contributed by atoms with Gasteiger partial charge in [0.05, 0.1) is 0 Å². The molecule has 1 aliphatic rings. The highest BCUT2D eigenvalue weighted by Gasteiger charge is 2.22. The van der Waals surface area contributed by atoms with Crippen molar-refractivity contribution >= 4 is 5.91 Å². The Morgan fingerprint density at radius 2 is 2.40 bits per heavy atom. The third kappa shape index (κ3) is 4.04. The third-order valence-corrected chi connectivity index (χ3v) is 3.03. The molecular weight excluding hydrogens is 188 g/mol. The predicted molar refractivity (Wildman–Crippen MR) is 62.4 cm³/mol. The number of allylic oxidation sites excluding steroid dienone is 1. The number of carbonyl (C=O) groups excluding carboxylic acids is 1. The van der Waals surface area contributed by atoms with Gasteiger partial charge in [-0.05, 0) is 32.1 Å². The third-order valence-electron chi connectivity index (χ3n) is 3.03. The van der Waals surface area contributed by atoms with Crippen molar-refractivity contribution in [2.75, 3.05) is 0 Å². The zero-order valence-electron chi connectivity index (χ0n) is 9.54. The Hall–Kier alpha value is -0.830. The fourth-order valence-corrected chi connectivity index (χ4v) is 2.06. The van der Waals surface area contributed by atoms with Gasteiger partial charge in [0.15, 0.2) is 0 Å². The van der Waals surface area contributed by atoms with E-state index in [1.54, 1.807) is 6.08 Å². The van der Waals surface area contributed by atoms with E-state index in [9.17, 15) is 4.79 Å². The van der Waals surface area contributed by atoms with Crippen molar-refractivity contribution in [3.63, 3.8) is 0 Å². The fraction of sp³-hybridized carbons (Fsp3) is 0.750. The van der Waals surface area contributed by atoms with Crippen LogP contribution in [0.4, 0.5) is 0 Å². The van der Waals surface area contributed by atoms with Gasteiger partial charge in [0.2, 0.25) is 5.91 Å². The first-order chi connectivity index (χ1) is 7.13. The second-order valence-electron chi connectivity index (χ2n) is 4.56. The molecule has 1 fully saturated rings. The Morgan fingerprint density at radius 1 is 1.67 bits per heavy atom. The highest BCUT2D eigenvalue weighted by atomic mass is 16.1. The van der Waals surface area contributed by atoms with Crippen LogP contribution in [0.25, 0.3) is 0 Å². The molecule has 0 spiro atoms. The molecule has 86 valence electrons. The summed E-state index contributed by atoms with van der Waals surface area (Å²) in [5.41, 5.74) is 5.87. The van der Waals surface area contributed by atoms with Crippen LogP contribution >= 0.6 is 0 Å². The van der Waals surface area contributed by atoms with E-state index in [1.807, 2.05) is 6.92 Å². The minimum absolute atomic E-state index is 0.0284. The minimum atomic E-state index is 0.0284. The first-order valence-corrected chi connectivity index (χ1v) is 5.80. The van der Waals surface area contributed by atoms with Gasteiger partial charge in [0, 0.05) is 18.0 Å². The average Bonchev–Trinajstić information content (AvgIpc) is 2.18. The molecule has 0 aromatic heterocycles. The van der Waals surface area contributed by atoms with Crippen molar-refractivity contribution in [1.29, 1.82) is 0 Å². The molecule has 0 heterocycles. The van der Waals surface area contributed by atoms with Gasteiger partial charge in [-0.2, -0.15) is 0 Å². The van der Waals surface area contributed by atoms with Gasteiger partial charge in [-0.25, -0.2) is 0 Å². The quantitative estimate of drug-likeness (QED) is 0.692. The first-order valence-electron chi connectivity index (χ1n) is 5.80. The molecule has 0 aromatic rings. The van der Waals surface area contributed by atoms with Crippen molar-refractivity contribution in [2.24, 2.45) is 11.7 Å². The van der Waals surface area contributed by atoms with Crippen molar-refractivity contribution in [1.82, 2.24) is 5.32 Å². The zero-order valence-corrected chi connectivity index (χ0v) is 9.54. The molecule has 3 unspecified atom stereocenters. The maximum absolute atomic E-state index is 11.7. The van der Waals surface area contributed by atoms with Crippen LogP contribution in [0.1, 0.15) is 39.0 Å². The molecular formula is C12H22N2O. The zero-order chi connectivity index (χ0) is 11.3. The molecule has 15 heavy (non-hydrogen) atoms. The van der Waals surface area contributed by atoms with Gasteiger partial charge in [-0.3, -0.25) is 4.79 Å². The van der Waals surface area contributed by atoms with Gasteiger partial charge in [0.1, 0.15) is 0 Å². The molecule has 0 bridgehead atoms. The molecule has 3 atom stereocenters. The monoisotopic (exact) mass is 210 g/mol. The summed E-state index contributed by atoms with van der Waals surface area (Å²) in [7, 11) is 0. The molecule has 1 rings (SSSR count). The lowest BCUT2D eigenvalue weighted by molar-refractivity contribution is -0.125. The molecule has 3 nitrogen and oxygen atoms in total. The average molecular weight is 210 g/mol. The van der Waals surface area contributed by atoms with Crippen LogP contribution < -0.4 is 11.1 Å². The summed E-state index contributed by atoms with van der Waals surface area (Å²) >= 11 is 0. The summed E-state index contributed by atoms with van der Waals surface area (Å²) < 4.78 is 0. The second kappa shape index (κ2) is 5.91. The Balaban J connectivity index is 2.33. The Kier molecular flexibility index (Phi) is 4.82. The lowest BCUT2D eigenvalue weighted by Crippen LogP contribution is -2.43. The van der Waals surface area contributed by atoms with E-state index < -0.39 is 0 Å². The molecule has 1 aliphatic carbocycles. The van der Waals surface area contributed by atoms with Crippen LogP contribution in [0.15, 0.2) is 12.7 Å². The van der Waals surface area contributed by atoms with Crippen LogP contribution in [-0.4, -0.2) is 18.0 Å². The molecule has 0 saturated heterocycles. The second-order valence-corrected chi connectivity index (χ2v) is 4.56. The SMILES string of the molecule is C=CCC(C)C(=O)NC1CCCC(N)C1. The Bertz CT molecular complexity index is 228. The number of nitrogens with one attached hydrogen (secondary N) is 1. The van der Waals surface area contributed by atoms with Crippen LogP contribution in [0.2, 0.25) is 0 Å². The van der Waals surface area contributed by atoms with E-state index >= 15 is 0 Å². The van der Waals surface area contributed by atoms with Crippen LogP contribution in [0.5, 0.6) is 0 Å². The van der Waals surface area contributed by atoms with Gasteiger partial charge >= 0.3 is 0 Å². The summed E-state index contributed by atoms with van der Waals surface area (Å²) in [6.45, 7) is 5.57. The van der Waals surface area contributed by atoms with E-state index in [1.165, 1.54) is 0 Å². The summed E-state index contributed by atoms with van der Waals surface area (Å²) in [4.78, 5) is 11.7. The van der Waals surface area contributed by atoms with Gasteiger partial charge in [-0.15, -0.1) is 6.58 Å². The minimum Gasteiger partial charge on any atom is -0.353 e. The lowest BCUT2D eigenvalue weighted by atomic mass is 9.91. The first kappa shape index (κ1) is 12.2. The number of carbonyl (C=O) groups is 1. The van der Waals surface area contributed by atoms with Crippen molar-refractivity contribution in [3.8, 4) is 0 Å².